The molecule has 0 spiro atoms. The molecule has 0 saturated carbocycles. The van der Waals surface area contributed by atoms with E-state index in [-0.39, 0.29) is 4.90 Å². The molecule has 0 bridgehead atoms. The molecule has 0 aliphatic heterocycles. The Kier molecular flexibility index (Phi) is 5.92. The van der Waals surface area contributed by atoms with Gasteiger partial charge in [-0.15, -0.1) is 0 Å². The molecule has 1 amide bonds. The normalized spacial score (nSPS) is 14.0. The predicted octanol–water partition coefficient (Wildman–Crippen LogP) is 0.694. The van der Waals surface area contributed by atoms with Crippen molar-refractivity contribution < 1.29 is 27.9 Å². The lowest BCUT2D eigenvalue weighted by Gasteiger charge is -2.15. The molecule has 1 aromatic rings. The number of nitrogens with one attached hydrogen (secondary N) is 1. The van der Waals surface area contributed by atoms with Crippen LogP contribution in [0.15, 0.2) is 29.2 Å². The van der Waals surface area contributed by atoms with Gasteiger partial charge in [0.05, 0.1) is 17.8 Å². The first-order chi connectivity index (χ1) is 10.2. The van der Waals surface area contributed by atoms with Crippen LogP contribution in [0.5, 0.6) is 5.75 Å². The number of aliphatic carboxylic acids is 1. The van der Waals surface area contributed by atoms with Crippen LogP contribution in [0.2, 0.25) is 0 Å². The third-order valence-electron chi connectivity index (χ3n) is 3.06. The second kappa shape index (κ2) is 7.26. The Morgan fingerprint density at radius 1 is 1.23 bits per heavy atom. The second-order valence-corrected chi connectivity index (χ2v) is 6.96. The van der Waals surface area contributed by atoms with Crippen molar-refractivity contribution in [1.82, 2.24) is 5.32 Å². The van der Waals surface area contributed by atoms with E-state index in [1.807, 2.05) is 0 Å². The lowest BCUT2D eigenvalue weighted by Crippen LogP contribution is -2.42. The number of rotatable bonds is 7. The first-order valence-corrected chi connectivity index (χ1v) is 8.22. The fraction of sp³-hybridized carbons (Fsp3) is 0.429. The fourth-order valence-corrected chi connectivity index (χ4v) is 3.25. The minimum absolute atomic E-state index is 0.0826. The van der Waals surface area contributed by atoms with Gasteiger partial charge in [0.2, 0.25) is 5.91 Å². The van der Waals surface area contributed by atoms with Crippen molar-refractivity contribution in [2.75, 3.05) is 12.9 Å². The Morgan fingerprint density at radius 2 is 1.77 bits per heavy atom. The van der Waals surface area contributed by atoms with E-state index in [9.17, 15) is 18.0 Å². The zero-order valence-electron chi connectivity index (χ0n) is 12.6. The van der Waals surface area contributed by atoms with Gasteiger partial charge in [0, 0.05) is 5.92 Å². The lowest BCUT2D eigenvalue weighted by molar-refractivity contribution is -0.141. The van der Waals surface area contributed by atoms with Crippen molar-refractivity contribution in [2.45, 2.75) is 24.8 Å². The molecule has 1 rings (SSSR count). The van der Waals surface area contributed by atoms with Gasteiger partial charge in [0.25, 0.3) is 0 Å². The molecular formula is C14H19NO6S. The number of hydrogen-bond acceptors (Lipinski definition) is 5. The van der Waals surface area contributed by atoms with Crippen molar-refractivity contribution in [3.63, 3.8) is 0 Å². The van der Waals surface area contributed by atoms with Gasteiger partial charge < -0.3 is 15.2 Å². The summed E-state index contributed by atoms with van der Waals surface area (Å²) in [4.78, 5) is 22.6. The number of benzene rings is 1. The third-order valence-corrected chi connectivity index (χ3v) is 4.99. The van der Waals surface area contributed by atoms with Crippen molar-refractivity contribution in [3.05, 3.63) is 24.3 Å². The SMILES string of the molecule is COc1ccc(S(=O)(=O)CC(C)C(=O)N[C@@H](C)C(=O)O)cc1. The van der Waals surface area contributed by atoms with E-state index in [0.29, 0.717) is 5.75 Å². The Labute approximate surface area is 129 Å². The molecule has 22 heavy (non-hydrogen) atoms. The van der Waals surface area contributed by atoms with E-state index in [2.05, 4.69) is 5.32 Å². The van der Waals surface area contributed by atoms with E-state index in [1.165, 1.54) is 45.2 Å². The van der Waals surface area contributed by atoms with Crippen LogP contribution in [-0.2, 0) is 19.4 Å². The van der Waals surface area contributed by atoms with Gasteiger partial charge >= 0.3 is 5.97 Å². The molecule has 0 saturated heterocycles. The summed E-state index contributed by atoms with van der Waals surface area (Å²) in [6.07, 6.45) is 0. The molecule has 0 aliphatic rings. The number of carboxylic acids is 1. The van der Waals surface area contributed by atoms with Crippen LogP contribution in [0.1, 0.15) is 13.8 Å². The Hall–Kier alpha value is -2.09. The zero-order chi connectivity index (χ0) is 16.9. The van der Waals surface area contributed by atoms with Crippen LogP contribution < -0.4 is 10.1 Å². The highest BCUT2D eigenvalue weighted by molar-refractivity contribution is 7.91. The average molecular weight is 329 g/mol. The minimum atomic E-state index is -3.65. The maximum absolute atomic E-state index is 12.2. The van der Waals surface area contributed by atoms with E-state index in [0.717, 1.165) is 0 Å². The van der Waals surface area contributed by atoms with Crippen molar-refractivity contribution in [1.29, 1.82) is 0 Å². The van der Waals surface area contributed by atoms with E-state index in [4.69, 9.17) is 9.84 Å². The molecule has 1 unspecified atom stereocenters. The number of methoxy groups -OCH3 is 1. The summed E-state index contributed by atoms with van der Waals surface area (Å²) in [5, 5.41) is 11.0. The summed E-state index contributed by atoms with van der Waals surface area (Å²) < 4.78 is 29.4. The van der Waals surface area contributed by atoms with Crippen LogP contribution in [0, 0.1) is 5.92 Å². The number of sulfone groups is 1. The maximum atomic E-state index is 12.2. The maximum Gasteiger partial charge on any atom is 0.325 e. The van der Waals surface area contributed by atoms with Crippen LogP contribution in [0.4, 0.5) is 0 Å². The number of carbonyl (C=O) groups is 2. The van der Waals surface area contributed by atoms with Crippen LogP contribution in [-0.4, -0.2) is 44.3 Å². The first-order valence-electron chi connectivity index (χ1n) is 6.57. The van der Waals surface area contributed by atoms with Gasteiger partial charge in [-0.3, -0.25) is 9.59 Å². The number of carboxylic acid groups (broad SMARTS) is 1. The summed E-state index contributed by atoms with van der Waals surface area (Å²) in [7, 11) is -2.18. The Morgan fingerprint density at radius 3 is 2.23 bits per heavy atom. The monoisotopic (exact) mass is 329 g/mol. The molecule has 0 aliphatic carbocycles. The van der Waals surface area contributed by atoms with E-state index in [1.54, 1.807) is 0 Å². The van der Waals surface area contributed by atoms with Gasteiger partial charge in [0.15, 0.2) is 9.84 Å². The first kappa shape index (κ1) is 18.0. The molecule has 2 atom stereocenters. The summed E-state index contributed by atoms with van der Waals surface area (Å²) in [6.45, 7) is 2.75. The van der Waals surface area contributed by atoms with E-state index >= 15 is 0 Å². The van der Waals surface area contributed by atoms with Crippen molar-refractivity contribution in [3.8, 4) is 5.75 Å². The van der Waals surface area contributed by atoms with Gasteiger partial charge in [0.1, 0.15) is 11.8 Å². The Bertz CT molecular complexity index is 638. The molecule has 0 radical (unpaired) electrons. The highest BCUT2D eigenvalue weighted by Gasteiger charge is 2.25. The third kappa shape index (κ3) is 4.73. The molecule has 2 N–H and O–H groups in total. The molecule has 0 fully saturated rings. The summed E-state index contributed by atoms with van der Waals surface area (Å²) in [6, 6.07) is 4.77. The predicted molar refractivity (Wildman–Crippen MR) is 79.5 cm³/mol. The molecule has 0 aromatic heterocycles. The quantitative estimate of drug-likeness (QED) is 0.762. The van der Waals surface area contributed by atoms with Crippen molar-refractivity contribution in [2.24, 2.45) is 5.92 Å². The van der Waals surface area contributed by atoms with Crippen LogP contribution in [0.3, 0.4) is 0 Å². The van der Waals surface area contributed by atoms with Gasteiger partial charge in [-0.05, 0) is 31.2 Å². The molecule has 8 heteroatoms. The van der Waals surface area contributed by atoms with Crippen LogP contribution in [0.25, 0.3) is 0 Å². The average Bonchev–Trinajstić information content (AvgIpc) is 2.46. The standard InChI is InChI=1S/C14H19NO6S/c1-9(13(16)15-10(2)14(17)18)8-22(19,20)12-6-4-11(21-3)5-7-12/h4-7,9-10H,8H2,1-3H3,(H,15,16)(H,17,18)/t9?,10-/m0/s1. The lowest BCUT2D eigenvalue weighted by atomic mass is 10.2. The number of hydrogen-bond donors (Lipinski definition) is 2. The van der Waals surface area contributed by atoms with Gasteiger partial charge in [-0.25, -0.2) is 8.42 Å². The van der Waals surface area contributed by atoms with Crippen molar-refractivity contribution >= 4 is 21.7 Å². The highest BCUT2D eigenvalue weighted by Crippen LogP contribution is 2.18. The fourth-order valence-electron chi connectivity index (χ4n) is 1.70. The molecule has 122 valence electrons. The van der Waals surface area contributed by atoms with Crippen LogP contribution >= 0.6 is 0 Å². The van der Waals surface area contributed by atoms with E-state index < -0.39 is 39.4 Å². The molecule has 7 nitrogen and oxygen atoms in total. The zero-order valence-corrected chi connectivity index (χ0v) is 13.4. The topological polar surface area (TPSA) is 110 Å². The summed E-state index contributed by atoms with van der Waals surface area (Å²) >= 11 is 0. The number of carbonyl (C=O) groups excluding carboxylic acids is 1. The smallest absolute Gasteiger partial charge is 0.325 e. The Balaban J connectivity index is 2.78. The molecule has 1 aromatic carbocycles. The minimum Gasteiger partial charge on any atom is -0.497 e. The number of ether oxygens (including phenoxy) is 1. The summed E-state index contributed by atoms with van der Waals surface area (Å²) in [5.41, 5.74) is 0. The highest BCUT2D eigenvalue weighted by atomic mass is 32.2. The van der Waals surface area contributed by atoms with Gasteiger partial charge in [-0.1, -0.05) is 6.92 Å². The van der Waals surface area contributed by atoms with Gasteiger partial charge in [-0.2, -0.15) is 0 Å². The molecule has 0 heterocycles. The number of amides is 1. The summed E-state index contributed by atoms with van der Waals surface area (Å²) in [5.74, 6) is -2.54. The largest absolute Gasteiger partial charge is 0.497 e. The second-order valence-electron chi connectivity index (χ2n) is 4.93. The molecular weight excluding hydrogens is 310 g/mol.